The number of aromatic nitrogens is 1. The summed E-state index contributed by atoms with van der Waals surface area (Å²) < 4.78 is 0. The third-order valence-corrected chi connectivity index (χ3v) is 6.94. The number of nitrogens with zero attached hydrogens (tertiary/aromatic N) is 1. The number of allylic oxidation sites excluding steroid dienone is 4. The van der Waals surface area contributed by atoms with Gasteiger partial charge in [0.1, 0.15) is 0 Å². The van der Waals surface area contributed by atoms with Gasteiger partial charge in [0.25, 0.3) is 0 Å². The highest BCUT2D eigenvalue weighted by Crippen LogP contribution is 2.32. The molecule has 1 aliphatic rings. The first-order valence-corrected chi connectivity index (χ1v) is 13.4. The van der Waals surface area contributed by atoms with Crippen LogP contribution in [0.4, 0.5) is 0 Å². The maximum atomic E-state index is 12.7. The Morgan fingerprint density at radius 1 is 0.970 bits per heavy atom. The Hall–Kier alpha value is -2.29. The lowest BCUT2D eigenvalue weighted by molar-refractivity contribution is -0.130. The van der Waals surface area contributed by atoms with E-state index in [1.807, 2.05) is 0 Å². The number of likely N-dealkylation sites (tertiary alicyclic amines) is 1. The van der Waals surface area contributed by atoms with Crippen molar-refractivity contribution in [3.63, 3.8) is 0 Å². The Morgan fingerprint density at radius 3 is 2.52 bits per heavy atom. The van der Waals surface area contributed by atoms with Crippen molar-refractivity contribution in [2.45, 2.75) is 96.3 Å². The van der Waals surface area contributed by atoms with E-state index in [0.29, 0.717) is 18.2 Å². The molecule has 1 N–H and O–H groups in total. The van der Waals surface area contributed by atoms with Crippen LogP contribution in [0.1, 0.15) is 102 Å². The molecule has 1 atom stereocenters. The number of benzene rings is 1. The summed E-state index contributed by atoms with van der Waals surface area (Å²) in [5, 5.41) is 1.31. The van der Waals surface area contributed by atoms with Crippen LogP contribution < -0.4 is 0 Å². The molecule has 2 aromatic rings. The van der Waals surface area contributed by atoms with Gasteiger partial charge in [-0.15, -0.1) is 0 Å². The molecular formula is C30H44N2O. The van der Waals surface area contributed by atoms with Gasteiger partial charge in [-0.2, -0.15) is 0 Å². The van der Waals surface area contributed by atoms with E-state index in [1.54, 1.807) is 0 Å². The van der Waals surface area contributed by atoms with E-state index >= 15 is 0 Å². The van der Waals surface area contributed by atoms with Crippen molar-refractivity contribution in [3.05, 3.63) is 60.3 Å². The van der Waals surface area contributed by atoms with Gasteiger partial charge in [0.15, 0.2) is 0 Å². The molecule has 0 aliphatic carbocycles. The maximum Gasteiger partial charge on any atom is 0.222 e. The molecular weight excluding hydrogens is 404 g/mol. The number of rotatable bonds is 15. The largest absolute Gasteiger partial charge is 0.361 e. The fourth-order valence-corrected chi connectivity index (χ4v) is 4.92. The monoisotopic (exact) mass is 448 g/mol. The Bertz CT molecular complexity index is 878. The summed E-state index contributed by atoms with van der Waals surface area (Å²) in [6.07, 6.45) is 26.7. The second kappa shape index (κ2) is 14.8. The topological polar surface area (TPSA) is 36.1 Å². The second-order valence-corrected chi connectivity index (χ2v) is 9.60. The van der Waals surface area contributed by atoms with E-state index in [1.165, 1.54) is 74.3 Å². The van der Waals surface area contributed by atoms with E-state index in [2.05, 4.69) is 71.6 Å². The molecule has 180 valence electrons. The van der Waals surface area contributed by atoms with Crippen molar-refractivity contribution in [1.29, 1.82) is 0 Å². The van der Waals surface area contributed by atoms with E-state index in [-0.39, 0.29) is 0 Å². The van der Waals surface area contributed by atoms with Gasteiger partial charge in [0.2, 0.25) is 5.91 Å². The zero-order chi connectivity index (χ0) is 23.1. The molecule has 0 radical (unpaired) electrons. The molecule has 0 saturated carbocycles. The number of carbonyl (C=O) groups excluding carboxylic acids is 1. The number of carbonyl (C=O) groups is 1. The molecule has 3 heteroatoms. The van der Waals surface area contributed by atoms with Gasteiger partial charge in [0.05, 0.1) is 0 Å². The van der Waals surface area contributed by atoms with Crippen LogP contribution >= 0.6 is 0 Å². The van der Waals surface area contributed by atoms with Crippen molar-refractivity contribution in [1.82, 2.24) is 9.88 Å². The van der Waals surface area contributed by atoms with Crippen LogP contribution in [0.25, 0.3) is 10.9 Å². The number of hydrogen-bond acceptors (Lipinski definition) is 1. The number of unbranched alkanes of at least 4 members (excludes halogenated alkanes) is 8. The quantitative estimate of drug-likeness (QED) is 0.216. The molecule has 0 unspecified atom stereocenters. The lowest BCUT2D eigenvalue weighted by Crippen LogP contribution is -2.28. The predicted molar refractivity (Wildman–Crippen MR) is 142 cm³/mol. The van der Waals surface area contributed by atoms with Crippen LogP contribution in [0.3, 0.4) is 0 Å². The molecule has 1 fully saturated rings. The molecule has 1 saturated heterocycles. The number of fused-ring (bicyclic) bond motifs is 1. The van der Waals surface area contributed by atoms with Crippen LogP contribution in [0.5, 0.6) is 0 Å². The molecule has 3 nitrogen and oxygen atoms in total. The van der Waals surface area contributed by atoms with Gasteiger partial charge in [-0.3, -0.25) is 4.79 Å². The van der Waals surface area contributed by atoms with E-state index in [9.17, 15) is 4.79 Å². The first-order valence-electron chi connectivity index (χ1n) is 13.4. The summed E-state index contributed by atoms with van der Waals surface area (Å²) in [6.45, 7) is 4.03. The minimum absolute atomic E-state index is 0.350. The van der Waals surface area contributed by atoms with Crippen LogP contribution in [-0.2, 0) is 4.79 Å². The van der Waals surface area contributed by atoms with E-state index in [4.69, 9.17) is 0 Å². The Morgan fingerprint density at radius 2 is 1.70 bits per heavy atom. The van der Waals surface area contributed by atoms with Crippen molar-refractivity contribution in [2.75, 3.05) is 13.1 Å². The summed E-state index contributed by atoms with van der Waals surface area (Å²) in [5.41, 5.74) is 2.57. The Labute approximate surface area is 201 Å². The summed E-state index contributed by atoms with van der Waals surface area (Å²) >= 11 is 0. The van der Waals surface area contributed by atoms with E-state index in [0.717, 1.165) is 32.4 Å². The van der Waals surface area contributed by atoms with Crippen LogP contribution in [0, 0.1) is 0 Å². The number of para-hydroxylation sites is 1. The first-order chi connectivity index (χ1) is 16.3. The summed E-state index contributed by atoms with van der Waals surface area (Å²) in [5.74, 6) is 0.817. The third-order valence-electron chi connectivity index (χ3n) is 6.94. The van der Waals surface area contributed by atoms with Gasteiger partial charge in [-0.1, -0.05) is 81.5 Å². The van der Waals surface area contributed by atoms with Gasteiger partial charge in [-0.25, -0.2) is 0 Å². The highest BCUT2D eigenvalue weighted by molar-refractivity contribution is 5.84. The average Bonchev–Trinajstić information content (AvgIpc) is 3.48. The number of H-pyrrole nitrogens is 1. The van der Waals surface area contributed by atoms with Gasteiger partial charge < -0.3 is 9.88 Å². The van der Waals surface area contributed by atoms with Gasteiger partial charge in [0, 0.05) is 42.5 Å². The third kappa shape index (κ3) is 8.53. The average molecular weight is 449 g/mol. The molecule has 3 rings (SSSR count). The summed E-state index contributed by atoms with van der Waals surface area (Å²) in [6, 6.07) is 8.48. The molecule has 1 aromatic carbocycles. The fraction of sp³-hybridized carbons (Fsp3) is 0.567. The van der Waals surface area contributed by atoms with Crippen molar-refractivity contribution < 1.29 is 4.79 Å². The highest BCUT2D eigenvalue weighted by atomic mass is 16.2. The lowest BCUT2D eigenvalue weighted by Gasteiger charge is -2.16. The number of hydrogen-bond donors (Lipinski definition) is 1. The van der Waals surface area contributed by atoms with Gasteiger partial charge in [-0.05, 0) is 56.6 Å². The fourth-order valence-electron chi connectivity index (χ4n) is 4.92. The van der Waals surface area contributed by atoms with Crippen molar-refractivity contribution in [3.8, 4) is 0 Å². The highest BCUT2D eigenvalue weighted by Gasteiger charge is 2.28. The van der Waals surface area contributed by atoms with E-state index < -0.39 is 0 Å². The van der Waals surface area contributed by atoms with Crippen molar-refractivity contribution >= 4 is 16.8 Å². The smallest absolute Gasteiger partial charge is 0.222 e. The van der Waals surface area contributed by atoms with Crippen molar-refractivity contribution in [2.24, 2.45) is 0 Å². The first kappa shape index (κ1) is 25.3. The molecule has 0 spiro atoms. The van der Waals surface area contributed by atoms with Crippen LogP contribution in [-0.4, -0.2) is 28.9 Å². The molecule has 1 aliphatic heterocycles. The normalized spacial score (nSPS) is 16.6. The second-order valence-electron chi connectivity index (χ2n) is 9.60. The summed E-state index contributed by atoms with van der Waals surface area (Å²) in [4.78, 5) is 18.1. The maximum absolute atomic E-state index is 12.7. The standard InChI is InChI=1S/C30H44N2O/c1-2-3-4-5-6-7-8-9-10-11-12-13-14-15-16-21-30(33)32-23-22-26(25-32)28-24-31-29-20-18-17-19-27(28)29/h6-7,9-10,17-20,24,26,31H,2-5,8,11-16,21-23,25H2,1H3/b7-6-,10-9-/t26-/m0/s1. The number of amides is 1. The lowest BCUT2D eigenvalue weighted by atomic mass is 9.98. The molecule has 0 bridgehead atoms. The SMILES string of the molecule is CCCCC/C=C\C/C=C\CCCCCCCC(=O)N1CC[C@H](c2c[nH]c3ccccc23)C1. The van der Waals surface area contributed by atoms with Crippen LogP contribution in [0.2, 0.25) is 0 Å². The zero-order valence-corrected chi connectivity index (χ0v) is 20.7. The molecule has 33 heavy (non-hydrogen) atoms. The van der Waals surface area contributed by atoms with Gasteiger partial charge >= 0.3 is 0 Å². The minimum atomic E-state index is 0.350. The summed E-state index contributed by atoms with van der Waals surface area (Å²) in [7, 11) is 0. The molecule has 2 heterocycles. The zero-order valence-electron chi connectivity index (χ0n) is 20.7. The number of nitrogens with one attached hydrogen (secondary N) is 1. The Balaban J connectivity index is 1.20. The minimum Gasteiger partial charge on any atom is -0.361 e. The molecule has 1 amide bonds. The Kier molecular flexibility index (Phi) is 11.3. The molecule has 1 aromatic heterocycles. The van der Waals surface area contributed by atoms with Crippen LogP contribution in [0.15, 0.2) is 54.8 Å². The predicted octanol–water partition coefficient (Wildman–Crippen LogP) is 8.30. The number of aromatic amines is 1.